The molecule has 0 aromatic carbocycles. The second-order valence-corrected chi connectivity index (χ2v) is 19.2. The Labute approximate surface area is 411 Å². The molecular weight excluding hydrogens is 813 g/mol. The zero-order valence-corrected chi connectivity index (χ0v) is 44.2. The van der Waals surface area contributed by atoms with Gasteiger partial charge in [-0.3, -0.25) is 9.59 Å². The lowest BCUT2D eigenvalue weighted by Gasteiger charge is -2.18. The third kappa shape index (κ3) is 54.2. The number of hydrogen-bond acceptors (Lipinski definition) is 5. The van der Waals surface area contributed by atoms with Crippen LogP contribution in [0.4, 0.5) is 0 Å². The fraction of sp³-hybridized carbons (Fsp3) is 0.803. The van der Waals surface area contributed by atoms with Crippen LogP contribution >= 0.6 is 0 Å². The standard InChI is InChI=1S/C61H110O5/c1-4-7-10-13-16-19-22-25-28-30-31-32-34-37-40-43-46-49-52-55-61(63)66-59(57-64-56-53-50-47-44-41-38-35-29-26-23-20-17-14-11-8-5-2)58-65-60(62)54-51-48-45-42-39-36-33-27-24-21-18-15-12-9-6-3/h9,12,16,18-19,21,25,27-28,33,59H,4-8,10-11,13-15,17,20,22-24,26,29-32,34-58H2,1-3H3/b12-9-,19-16-,21-18-,28-25-,33-27-/t59-/m1/s1. The Morgan fingerprint density at radius 2 is 0.682 bits per heavy atom. The van der Waals surface area contributed by atoms with Crippen molar-refractivity contribution in [3.05, 3.63) is 60.8 Å². The summed E-state index contributed by atoms with van der Waals surface area (Å²) in [4.78, 5) is 25.5. The first-order chi connectivity index (χ1) is 32.6. The molecule has 5 heteroatoms. The van der Waals surface area contributed by atoms with E-state index in [-0.39, 0.29) is 25.2 Å². The highest BCUT2D eigenvalue weighted by Gasteiger charge is 2.17. The van der Waals surface area contributed by atoms with Gasteiger partial charge in [0.05, 0.1) is 6.61 Å². The summed E-state index contributed by atoms with van der Waals surface area (Å²) in [5.41, 5.74) is 0. The first kappa shape index (κ1) is 63.6. The molecule has 5 nitrogen and oxygen atoms in total. The van der Waals surface area contributed by atoms with Gasteiger partial charge in [0.25, 0.3) is 0 Å². The molecule has 0 saturated heterocycles. The highest BCUT2D eigenvalue weighted by Crippen LogP contribution is 2.16. The van der Waals surface area contributed by atoms with Crippen molar-refractivity contribution in [2.24, 2.45) is 0 Å². The molecule has 0 aromatic heterocycles. The molecule has 0 aliphatic carbocycles. The fourth-order valence-corrected chi connectivity index (χ4v) is 8.26. The molecule has 0 amide bonds. The smallest absolute Gasteiger partial charge is 0.306 e. The van der Waals surface area contributed by atoms with Crippen molar-refractivity contribution in [1.29, 1.82) is 0 Å². The predicted molar refractivity (Wildman–Crippen MR) is 288 cm³/mol. The highest BCUT2D eigenvalue weighted by molar-refractivity contribution is 5.70. The van der Waals surface area contributed by atoms with E-state index in [1.807, 2.05) is 0 Å². The summed E-state index contributed by atoms with van der Waals surface area (Å²) in [6.45, 7) is 7.72. The van der Waals surface area contributed by atoms with Crippen molar-refractivity contribution in [1.82, 2.24) is 0 Å². The van der Waals surface area contributed by atoms with Gasteiger partial charge in [0, 0.05) is 19.4 Å². The molecule has 0 aromatic rings. The Kier molecular flexibility index (Phi) is 54.9. The summed E-state index contributed by atoms with van der Waals surface area (Å²) in [6.07, 6.45) is 72.4. The number of carbonyl (C=O) groups is 2. The van der Waals surface area contributed by atoms with Crippen LogP contribution in [0.2, 0.25) is 0 Å². The highest BCUT2D eigenvalue weighted by atomic mass is 16.6. The van der Waals surface area contributed by atoms with Gasteiger partial charge in [0.1, 0.15) is 6.61 Å². The molecule has 384 valence electrons. The molecule has 0 radical (unpaired) electrons. The summed E-state index contributed by atoms with van der Waals surface area (Å²) >= 11 is 0. The van der Waals surface area contributed by atoms with E-state index in [9.17, 15) is 9.59 Å². The normalized spacial score (nSPS) is 12.6. The molecule has 1 atom stereocenters. The van der Waals surface area contributed by atoms with Crippen LogP contribution in [-0.2, 0) is 23.8 Å². The summed E-state index contributed by atoms with van der Waals surface area (Å²) in [5.74, 6) is -0.409. The SMILES string of the molecule is CC/C=C\C/C=C\C/C=C\CCCCCCCC(=O)OC[C@@H](COCCCCCCCCCCCCCCCCCC)OC(=O)CCCCCCCCCCC/C=C\C/C=C\CCCCC. The van der Waals surface area contributed by atoms with E-state index in [0.717, 1.165) is 77.0 Å². The molecule has 0 aliphatic rings. The van der Waals surface area contributed by atoms with Crippen LogP contribution in [0.1, 0.15) is 290 Å². The van der Waals surface area contributed by atoms with Gasteiger partial charge in [-0.05, 0) is 83.5 Å². The van der Waals surface area contributed by atoms with Crippen LogP contribution in [0.15, 0.2) is 60.8 Å². The first-order valence-electron chi connectivity index (χ1n) is 28.8. The van der Waals surface area contributed by atoms with Crippen LogP contribution in [0.25, 0.3) is 0 Å². The van der Waals surface area contributed by atoms with E-state index in [0.29, 0.717) is 19.4 Å². The van der Waals surface area contributed by atoms with Crippen LogP contribution in [0, 0.1) is 0 Å². The maximum atomic E-state index is 12.9. The molecule has 0 unspecified atom stereocenters. The van der Waals surface area contributed by atoms with Crippen molar-refractivity contribution < 1.29 is 23.8 Å². The van der Waals surface area contributed by atoms with Gasteiger partial charge in [0.15, 0.2) is 6.10 Å². The van der Waals surface area contributed by atoms with Gasteiger partial charge in [-0.15, -0.1) is 0 Å². The third-order valence-corrected chi connectivity index (χ3v) is 12.5. The lowest BCUT2D eigenvalue weighted by Crippen LogP contribution is -2.30. The van der Waals surface area contributed by atoms with Gasteiger partial charge in [0.2, 0.25) is 0 Å². The number of esters is 2. The van der Waals surface area contributed by atoms with Crippen molar-refractivity contribution in [3.63, 3.8) is 0 Å². The largest absolute Gasteiger partial charge is 0.462 e. The number of carbonyl (C=O) groups excluding carboxylic acids is 2. The van der Waals surface area contributed by atoms with Crippen molar-refractivity contribution >= 4 is 11.9 Å². The van der Waals surface area contributed by atoms with Gasteiger partial charge in [-0.1, -0.05) is 255 Å². The van der Waals surface area contributed by atoms with E-state index in [4.69, 9.17) is 14.2 Å². The number of hydrogen-bond donors (Lipinski definition) is 0. The van der Waals surface area contributed by atoms with Crippen LogP contribution in [0.5, 0.6) is 0 Å². The first-order valence-corrected chi connectivity index (χ1v) is 28.8. The molecule has 0 saturated carbocycles. The summed E-state index contributed by atoms with van der Waals surface area (Å²) < 4.78 is 17.5. The minimum atomic E-state index is -0.545. The molecule has 66 heavy (non-hydrogen) atoms. The second kappa shape index (κ2) is 56.9. The topological polar surface area (TPSA) is 61.8 Å². The monoisotopic (exact) mass is 923 g/mol. The zero-order valence-electron chi connectivity index (χ0n) is 44.2. The number of allylic oxidation sites excluding steroid dienone is 10. The van der Waals surface area contributed by atoms with Gasteiger partial charge in [-0.25, -0.2) is 0 Å². The Hall–Kier alpha value is -2.40. The van der Waals surface area contributed by atoms with E-state index in [1.54, 1.807) is 0 Å². The molecule has 0 heterocycles. The van der Waals surface area contributed by atoms with Crippen molar-refractivity contribution in [2.45, 2.75) is 297 Å². The van der Waals surface area contributed by atoms with Crippen LogP contribution in [-0.4, -0.2) is 37.9 Å². The minimum absolute atomic E-state index is 0.0767. The second-order valence-electron chi connectivity index (χ2n) is 19.2. The van der Waals surface area contributed by atoms with Gasteiger partial charge < -0.3 is 14.2 Å². The van der Waals surface area contributed by atoms with E-state index in [1.165, 1.54) is 180 Å². The Morgan fingerprint density at radius 3 is 1.12 bits per heavy atom. The Bertz CT molecular complexity index is 1130. The van der Waals surface area contributed by atoms with Gasteiger partial charge >= 0.3 is 11.9 Å². The quantitative estimate of drug-likeness (QED) is 0.0346. The van der Waals surface area contributed by atoms with E-state index in [2.05, 4.69) is 81.5 Å². The van der Waals surface area contributed by atoms with E-state index >= 15 is 0 Å². The maximum absolute atomic E-state index is 12.9. The minimum Gasteiger partial charge on any atom is -0.462 e. The summed E-state index contributed by atoms with van der Waals surface area (Å²) in [7, 11) is 0. The maximum Gasteiger partial charge on any atom is 0.306 e. The summed E-state index contributed by atoms with van der Waals surface area (Å²) in [5, 5.41) is 0. The predicted octanol–water partition coefficient (Wildman–Crippen LogP) is 19.7. The molecule has 0 bridgehead atoms. The average molecular weight is 924 g/mol. The molecule has 0 rings (SSSR count). The van der Waals surface area contributed by atoms with Crippen molar-refractivity contribution in [2.75, 3.05) is 19.8 Å². The van der Waals surface area contributed by atoms with Crippen molar-refractivity contribution in [3.8, 4) is 0 Å². The zero-order chi connectivity index (χ0) is 47.7. The average Bonchev–Trinajstić information content (AvgIpc) is 3.32. The molecule has 0 N–H and O–H groups in total. The third-order valence-electron chi connectivity index (χ3n) is 12.5. The molecular formula is C61H110O5. The fourth-order valence-electron chi connectivity index (χ4n) is 8.26. The van der Waals surface area contributed by atoms with Crippen LogP contribution < -0.4 is 0 Å². The Balaban J connectivity index is 4.27. The van der Waals surface area contributed by atoms with E-state index < -0.39 is 6.10 Å². The Morgan fingerprint density at radius 1 is 0.348 bits per heavy atom. The number of unbranched alkanes of at least 4 members (excludes halogenated alkanes) is 32. The number of rotatable bonds is 53. The number of ether oxygens (including phenoxy) is 3. The molecule has 0 spiro atoms. The molecule has 0 fully saturated rings. The van der Waals surface area contributed by atoms with Gasteiger partial charge in [-0.2, -0.15) is 0 Å². The lowest BCUT2D eigenvalue weighted by atomic mass is 10.0. The molecule has 0 aliphatic heterocycles. The van der Waals surface area contributed by atoms with Crippen LogP contribution in [0.3, 0.4) is 0 Å². The lowest BCUT2D eigenvalue weighted by molar-refractivity contribution is -0.163. The summed E-state index contributed by atoms with van der Waals surface area (Å²) in [6, 6.07) is 0.